The number of nitrogens with two attached hydrogens (primary N) is 1. The topological polar surface area (TPSA) is 167 Å². The fourth-order valence-corrected chi connectivity index (χ4v) is 5.52. The molecule has 1 saturated carbocycles. The van der Waals surface area contributed by atoms with Gasteiger partial charge in [-0.15, -0.1) is 0 Å². The van der Waals surface area contributed by atoms with Gasteiger partial charge in [0.05, 0.1) is 25.1 Å². The van der Waals surface area contributed by atoms with Gasteiger partial charge >= 0.3 is 0 Å². The van der Waals surface area contributed by atoms with Gasteiger partial charge in [-0.2, -0.15) is 13.1 Å². The Hall–Kier alpha value is -3.26. The van der Waals surface area contributed by atoms with Crippen LogP contribution in [0.5, 0.6) is 0 Å². The third kappa shape index (κ3) is 5.75. The van der Waals surface area contributed by atoms with E-state index in [4.69, 9.17) is 9.88 Å². The van der Waals surface area contributed by atoms with Crippen LogP contribution in [0.15, 0.2) is 41.5 Å². The third-order valence-electron chi connectivity index (χ3n) is 6.55. The van der Waals surface area contributed by atoms with E-state index in [2.05, 4.69) is 35.2 Å². The number of morpholine rings is 1. The van der Waals surface area contributed by atoms with Gasteiger partial charge in [0.2, 0.25) is 0 Å². The summed E-state index contributed by atoms with van der Waals surface area (Å²) in [6, 6.07) is 9.05. The molecule has 0 spiro atoms. The molecular weight excluding hydrogens is 484 g/mol. The second kappa shape index (κ2) is 10.4. The van der Waals surface area contributed by atoms with Crippen LogP contribution in [0.1, 0.15) is 25.7 Å². The first-order chi connectivity index (χ1) is 17.4. The molecule has 2 fully saturated rings. The number of anilines is 4. The van der Waals surface area contributed by atoms with Crippen LogP contribution in [0, 0.1) is 0 Å². The molecule has 0 unspecified atom stereocenters. The molecule has 0 radical (unpaired) electrons. The van der Waals surface area contributed by atoms with Crippen molar-refractivity contribution >= 4 is 44.1 Å². The number of nitrogens with one attached hydrogen (secondary N) is 4. The van der Waals surface area contributed by atoms with Gasteiger partial charge in [-0.1, -0.05) is 12.8 Å². The smallest absolute Gasteiger partial charge is 0.274 e. The van der Waals surface area contributed by atoms with Crippen molar-refractivity contribution in [1.82, 2.24) is 19.7 Å². The van der Waals surface area contributed by atoms with Crippen molar-refractivity contribution in [3.05, 3.63) is 47.0 Å². The molecule has 2 aromatic heterocycles. The van der Waals surface area contributed by atoms with E-state index < -0.39 is 10.2 Å². The molecule has 1 aliphatic carbocycles. The maximum Gasteiger partial charge on any atom is 0.274 e. The van der Waals surface area contributed by atoms with E-state index in [1.165, 1.54) is 6.33 Å². The average molecular weight is 515 g/mol. The van der Waals surface area contributed by atoms with E-state index in [-0.39, 0.29) is 17.6 Å². The van der Waals surface area contributed by atoms with Gasteiger partial charge < -0.3 is 25.3 Å². The average Bonchev–Trinajstić information content (AvgIpc) is 2.85. The zero-order valence-corrected chi connectivity index (χ0v) is 20.6. The van der Waals surface area contributed by atoms with Crippen LogP contribution in [0.2, 0.25) is 0 Å². The minimum atomic E-state index is -3.84. The van der Waals surface area contributed by atoms with Crippen molar-refractivity contribution in [1.29, 1.82) is 0 Å². The Morgan fingerprint density at radius 1 is 1.08 bits per heavy atom. The quantitative estimate of drug-likeness (QED) is 0.313. The lowest BCUT2D eigenvalue weighted by molar-refractivity contribution is 0.122. The van der Waals surface area contributed by atoms with Gasteiger partial charge in [0.1, 0.15) is 17.0 Å². The lowest BCUT2D eigenvalue weighted by Crippen LogP contribution is -2.50. The first-order valence-corrected chi connectivity index (χ1v) is 13.6. The van der Waals surface area contributed by atoms with Crippen molar-refractivity contribution in [3.8, 4) is 0 Å². The monoisotopic (exact) mass is 514 g/mol. The summed E-state index contributed by atoms with van der Waals surface area (Å²) in [4.78, 5) is 26.5. The van der Waals surface area contributed by atoms with Crippen molar-refractivity contribution in [3.63, 3.8) is 0 Å². The second-order valence-corrected chi connectivity index (χ2v) is 10.4. The van der Waals surface area contributed by atoms with Gasteiger partial charge in [-0.3, -0.25) is 4.79 Å². The molecule has 6 N–H and O–H groups in total. The van der Waals surface area contributed by atoms with E-state index >= 15 is 0 Å². The Bertz CT molecular complexity index is 1370. The molecule has 1 aromatic carbocycles. The summed E-state index contributed by atoms with van der Waals surface area (Å²) in [7, 11) is -3.84. The van der Waals surface area contributed by atoms with Crippen LogP contribution in [0.3, 0.4) is 0 Å². The van der Waals surface area contributed by atoms with E-state index in [9.17, 15) is 13.2 Å². The van der Waals surface area contributed by atoms with E-state index in [0.29, 0.717) is 42.2 Å². The summed E-state index contributed by atoms with van der Waals surface area (Å²) in [6.45, 7) is 3.10. The molecule has 13 heteroatoms. The van der Waals surface area contributed by atoms with Crippen molar-refractivity contribution in [2.24, 2.45) is 5.14 Å². The summed E-state index contributed by atoms with van der Waals surface area (Å²) >= 11 is 0. The predicted molar refractivity (Wildman–Crippen MR) is 139 cm³/mol. The summed E-state index contributed by atoms with van der Waals surface area (Å²) in [5, 5.41) is 12.2. The highest BCUT2D eigenvalue weighted by Gasteiger charge is 2.28. The van der Waals surface area contributed by atoms with E-state index in [1.54, 1.807) is 6.07 Å². The molecule has 2 atom stereocenters. The number of hydrogen-bond acceptors (Lipinski definition) is 9. The first-order valence-electron chi connectivity index (χ1n) is 12.0. The maximum atomic E-state index is 12.7. The zero-order valence-electron chi connectivity index (χ0n) is 19.7. The van der Waals surface area contributed by atoms with Crippen LogP contribution >= 0.6 is 0 Å². The Morgan fingerprint density at radius 2 is 1.81 bits per heavy atom. The fourth-order valence-electron chi connectivity index (χ4n) is 4.81. The Balaban J connectivity index is 1.42. The molecule has 36 heavy (non-hydrogen) atoms. The zero-order chi connectivity index (χ0) is 25.1. The molecule has 3 heterocycles. The molecule has 0 bridgehead atoms. The lowest BCUT2D eigenvalue weighted by atomic mass is 9.91. The van der Waals surface area contributed by atoms with Gasteiger partial charge in [0, 0.05) is 42.6 Å². The van der Waals surface area contributed by atoms with Crippen LogP contribution in [0.4, 0.5) is 23.0 Å². The highest BCUT2D eigenvalue weighted by Crippen LogP contribution is 2.28. The highest BCUT2D eigenvalue weighted by molar-refractivity contribution is 7.87. The van der Waals surface area contributed by atoms with Gasteiger partial charge in [0.25, 0.3) is 15.8 Å². The van der Waals surface area contributed by atoms with Crippen molar-refractivity contribution in [2.45, 2.75) is 37.8 Å². The first kappa shape index (κ1) is 24.4. The van der Waals surface area contributed by atoms with Crippen LogP contribution in [0.25, 0.3) is 10.9 Å². The number of nitrogens with zero attached hydrogens (tertiary/aromatic N) is 3. The van der Waals surface area contributed by atoms with Gasteiger partial charge in [0.15, 0.2) is 0 Å². The summed E-state index contributed by atoms with van der Waals surface area (Å²) < 4.78 is 31.2. The number of aromatic nitrogens is 3. The third-order valence-corrected chi connectivity index (χ3v) is 7.18. The van der Waals surface area contributed by atoms with Crippen LogP contribution in [-0.2, 0) is 14.9 Å². The SMILES string of the molecule is NS(=O)(=O)N[C@@H]1CCCC[C@@H]1Nc1cc2nc[nH]c(=O)c2c(Nc2ccc(N3CCOCC3)cc2)n1. The Kier molecular flexibility index (Phi) is 7.05. The minimum absolute atomic E-state index is 0.204. The number of hydrogen-bond donors (Lipinski definition) is 5. The maximum absolute atomic E-state index is 12.7. The number of aromatic amines is 1. The predicted octanol–water partition coefficient (Wildman–Crippen LogP) is 1.41. The van der Waals surface area contributed by atoms with Crippen molar-refractivity contribution < 1.29 is 13.2 Å². The molecule has 5 rings (SSSR count). The van der Waals surface area contributed by atoms with Gasteiger partial charge in [-0.05, 0) is 37.1 Å². The molecule has 12 nitrogen and oxygen atoms in total. The molecule has 1 aliphatic heterocycles. The minimum Gasteiger partial charge on any atom is -0.378 e. The normalized spacial score (nSPS) is 20.9. The number of benzene rings is 1. The Labute approximate surface area is 208 Å². The molecule has 3 aromatic rings. The largest absolute Gasteiger partial charge is 0.378 e. The number of H-pyrrole nitrogens is 1. The molecular formula is C23H30N8O4S. The van der Waals surface area contributed by atoms with Crippen molar-refractivity contribution in [2.75, 3.05) is 41.8 Å². The summed E-state index contributed by atoms with van der Waals surface area (Å²) in [5.74, 6) is 0.844. The Morgan fingerprint density at radius 3 is 2.53 bits per heavy atom. The lowest BCUT2D eigenvalue weighted by Gasteiger charge is -2.32. The standard InChI is InChI=1S/C23H30N8O4S/c24-36(33,34)30-18-4-2-1-3-17(18)28-20-13-19-21(23(32)26-14-25-19)22(29-20)27-15-5-7-16(8-6-15)31-9-11-35-12-10-31/h5-8,13-14,17-18,30H,1-4,9-12H2,(H2,24,33,34)(H,25,26,32)(H2,27,28,29)/t17-,18+/m0/s1. The number of ether oxygens (including phenoxy) is 1. The second-order valence-electron chi connectivity index (χ2n) is 9.06. The van der Waals surface area contributed by atoms with E-state index in [0.717, 1.165) is 43.7 Å². The van der Waals surface area contributed by atoms with Crippen LogP contribution in [-0.4, -0.2) is 61.8 Å². The number of pyridine rings is 1. The molecule has 192 valence electrons. The summed E-state index contributed by atoms with van der Waals surface area (Å²) in [6.07, 6.45) is 4.62. The highest BCUT2D eigenvalue weighted by atomic mass is 32.2. The fraction of sp³-hybridized carbons (Fsp3) is 0.435. The van der Waals surface area contributed by atoms with E-state index in [1.807, 2.05) is 24.3 Å². The molecule has 2 aliphatic rings. The molecule has 1 saturated heterocycles. The summed E-state index contributed by atoms with van der Waals surface area (Å²) in [5.41, 5.74) is 2.03. The number of rotatable bonds is 7. The van der Waals surface area contributed by atoms with Crippen LogP contribution < -0.4 is 31.0 Å². The number of fused-ring (bicyclic) bond motifs is 1. The van der Waals surface area contributed by atoms with Gasteiger partial charge in [-0.25, -0.2) is 15.1 Å². The molecule has 0 amide bonds.